The molecule has 0 spiro atoms. The number of nitrogens with zero attached hydrogens (tertiary/aromatic N) is 5. The van der Waals surface area contributed by atoms with Gasteiger partial charge < -0.3 is 19.9 Å². The van der Waals surface area contributed by atoms with Crippen LogP contribution >= 0.6 is 11.6 Å². The molecule has 2 aliphatic rings. The molecule has 1 amide bonds. The summed E-state index contributed by atoms with van der Waals surface area (Å²) < 4.78 is 6.41. The Hall–Kier alpha value is -3.69. The smallest absolute Gasteiger partial charge is 0.261 e. The minimum absolute atomic E-state index is 0.0956. The molecule has 5 heterocycles. The number of fused-ring (bicyclic) bond motifs is 3. The normalized spacial score (nSPS) is 17.2. The maximum absolute atomic E-state index is 14.2. The number of halogens is 1. The van der Waals surface area contributed by atoms with Gasteiger partial charge in [-0.25, -0.2) is 4.98 Å². The second-order valence-corrected chi connectivity index (χ2v) is 11.0. The molecule has 9 nitrogen and oxygen atoms in total. The van der Waals surface area contributed by atoms with Crippen molar-refractivity contribution in [1.29, 1.82) is 0 Å². The van der Waals surface area contributed by atoms with Crippen LogP contribution in [0.2, 0.25) is 5.02 Å². The number of aromatic amines is 1. The Bertz CT molecular complexity index is 1600. The molecule has 1 atom stereocenters. The van der Waals surface area contributed by atoms with Gasteiger partial charge in [0.2, 0.25) is 0 Å². The van der Waals surface area contributed by atoms with Gasteiger partial charge in [-0.15, -0.1) is 0 Å². The van der Waals surface area contributed by atoms with Crippen molar-refractivity contribution >= 4 is 39.9 Å². The van der Waals surface area contributed by atoms with E-state index in [1.165, 1.54) is 0 Å². The highest BCUT2D eigenvalue weighted by atomic mass is 35.5. The summed E-state index contributed by atoms with van der Waals surface area (Å²) in [7, 11) is 1.94. The van der Waals surface area contributed by atoms with Crippen LogP contribution in [0.3, 0.4) is 0 Å². The molecule has 2 N–H and O–H groups in total. The SMILES string of the molecule is Cc1ccnc(C(C)C)c1N(C)c1nc(-c2c(C)ccc3[nH]ncc23)c(Cl)c2c1C(=O)N1CCNC[C@@H]1CO2. The molecule has 2 aliphatic heterocycles. The summed E-state index contributed by atoms with van der Waals surface area (Å²) in [5.74, 6) is 0.906. The van der Waals surface area contributed by atoms with E-state index in [9.17, 15) is 4.79 Å². The van der Waals surface area contributed by atoms with Gasteiger partial charge in [-0.1, -0.05) is 31.5 Å². The number of carbonyl (C=O) groups excluding carboxylic acids is 1. The molecular formula is C29H32ClN7O2. The Labute approximate surface area is 232 Å². The van der Waals surface area contributed by atoms with Gasteiger partial charge in [-0.2, -0.15) is 5.10 Å². The van der Waals surface area contributed by atoms with Crippen LogP contribution in [0.15, 0.2) is 30.6 Å². The number of rotatable bonds is 4. The quantitative estimate of drug-likeness (QED) is 0.373. The van der Waals surface area contributed by atoms with Gasteiger partial charge in [-0.05, 0) is 43.0 Å². The predicted molar refractivity (Wildman–Crippen MR) is 153 cm³/mol. The van der Waals surface area contributed by atoms with Crippen molar-refractivity contribution in [2.24, 2.45) is 0 Å². The number of pyridine rings is 2. The molecule has 6 rings (SSSR count). The topological polar surface area (TPSA) is 99.3 Å². The van der Waals surface area contributed by atoms with Crippen molar-refractivity contribution in [2.75, 3.05) is 38.2 Å². The molecule has 0 unspecified atom stereocenters. The Balaban J connectivity index is 1.66. The lowest BCUT2D eigenvalue weighted by atomic mass is 9.99. The number of hydrogen-bond donors (Lipinski definition) is 2. The van der Waals surface area contributed by atoms with Crippen molar-refractivity contribution < 1.29 is 9.53 Å². The van der Waals surface area contributed by atoms with E-state index in [-0.39, 0.29) is 17.9 Å². The summed E-state index contributed by atoms with van der Waals surface area (Å²) in [5, 5.41) is 11.9. The first-order valence-electron chi connectivity index (χ1n) is 13.3. The van der Waals surface area contributed by atoms with E-state index < -0.39 is 0 Å². The van der Waals surface area contributed by atoms with Crippen molar-refractivity contribution in [3.8, 4) is 17.0 Å². The van der Waals surface area contributed by atoms with Crippen LogP contribution in [0.4, 0.5) is 11.5 Å². The lowest BCUT2D eigenvalue weighted by Gasteiger charge is -2.34. The summed E-state index contributed by atoms with van der Waals surface area (Å²) in [6.07, 6.45) is 3.61. The molecule has 10 heteroatoms. The van der Waals surface area contributed by atoms with Gasteiger partial charge in [0.15, 0.2) is 5.75 Å². The first-order chi connectivity index (χ1) is 18.8. The second-order valence-electron chi connectivity index (χ2n) is 10.6. The number of benzene rings is 1. The first-order valence-corrected chi connectivity index (χ1v) is 13.7. The number of piperazine rings is 1. The van der Waals surface area contributed by atoms with Crippen molar-refractivity contribution in [2.45, 2.75) is 39.7 Å². The Morgan fingerprint density at radius 1 is 1.18 bits per heavy atom. The summed E-state index contributed by atoms with van der Waals surface area (Å²) in [4.78, 5) is 28.0. The molecule has 0 aliphatic carbocycles. The molecule has 0 saturated carbocycles. The fraction of sp³-hybridized carbons (Fsp3) is 0.379. The first kappa shape index (κ1) is 25.6. The third kappa shape index (κ3) is 4.11. The Morgan fingerprint density at radius 2 is 2.00 bits per heavy atom. The fourth-order valence-electron chi connectivity index (χ4n) is 5.74. The number of ether oxygens (including phenoxy) is 1. The van der Waals surface area contributed by atoms with E-state index in [1.807, 2.05) is 48.2 Å². The van der Waals surface area contributed by atoms with E-state index in [1.54, 1.807) is 6.20 Å². The fourth-order valence-corrected chi connectivity index (χ4v) is 6.03. The second kappa shape index (κ2) is 9.81. The highest BCUT2D eigenvalue weighted by molar-refractivity contribution is 6.36. The standard InChI is InChI=1S/C29H32ClN7O2/c1-15(2)24-26(17(4)8-9-32-24)36(5)28-22-27(39-14-18-12-31-10-11-37(18)29(22)38)23(30)25(34-28)21-16(3)6-7-20-19(21)13-33-35-20/h6-9,13,15,18,31H,10-12,14H2,1-5H3,(H,33,35)/t18-/m1/s1. The lowest BCUT2D eigenvalue weighted by Crippen LogP contribution is -2.54. The van der Waals surface area contributed by atoms with E-state index in [4.69, 9.17) is 26.3 Å². The third-order valence-corrected chi connectivity index (χ3v) is 8.09. The Kier molecular flexibility index (Phi) is 6.43. The highest BCUT2D eigenvalue weighted by Gasteiger charge is 2.39. The van der Waals surface area contributed by atoms with Crippen LogP contribution in [0.5, 0.6) is 5.75 Å². The van der Waals surface area contributed by atoms with Crippen molar-refractivity contribution in [3.05, 3.63) is 58.0 Å². The number of anilines is 2. The molecule has 1 saturated heterocycles. The number of carbonyl (C=O) groups is 1. The van der Waals surface area contributed by atoms with Crippen LogP contribution in [0, 0.1) is 13.8 Å². The molecule has 39 heavy (non-hydrogen) atoms. The average molecular weight is 546 g/mol. The maximum Gasteiger partial charge on any atom is 0.261 e. The maximum atomic E-state index is 14.2. The number of H-pyrrole nitrogens is 1. The molecule has 0 radical (unpaired) electrons. The molecular weight excluding hydrogens is 514 g/mol. The van der Waals surface area contributed by atoms with E-state index in [2.05, 4.69) is 36.3 Å². The van der Waals surface area contributed by atoms with Gasteiger partial charge in [-0.3, -0.25) is 14.9 Å². The summed E-state index contributed by atoms with van der Waals surface area (Å²) in [6.45, 7) is 10.6. The average Bonchev–Trinajstić information content (AvgIpc) is 3.35. The molecule has 1 fully saturated rings. The molecule has 3 aromatic heterocycles. The number of aromatic nitrogens is 4. The van der Waals surface area contributed by atoms with E-state index >= 15 is 0 Å². The minimum Gasteiger partial charge on any atom is -0.489 e. The van der Waals surface area contributed by atoms with Gasteiger partial charge in [0.25, 0.3) is 5.91 Å². The van der Waals surface area contributed by atoms with Crippen LogP contribution in [0.1, 0.15) is 46.9 Å². The summed E-state index contributed by atoms with van der Waals surface area (Å²) in [6, 6.07) is 5.89. The zero-order valence-electron chi connectivity index (χ0n) is 22.8. The van der Waals surface area contributed by atoms with Gasteiger partial charge >= 0.3 is 0 Å². The van der Waals surface area contributed by atoms with Crippen molar-refractivity contribution in [3.63, 3.8) is 0 Å². The molecule has 0 bridgehead atoms. The van der Waals surface area contributed by atoms with Crippen LogP contribution < -0.4 is 15.0 Å². The number of nitrogens with one attached hydrogen (secondary N) is 2. The predicted octanol–water partition coefficient (Wildman–Crippen LogP) is 4.99. The monoisotopic (exact) mass is 545 g/mol. The number of aryl methyl sites for hydroxylation is 2. The van der Waals surface area contributed by atoms with Crippen molar-refractivity contribution in [1.82, 2.24) is 30.4 Å². The highest BCUT2D eigenvalue weighted by Crippen LogP contribution is 2.47. The zero-order chi connectivity index (χ0) is 27.4. The van der Waals surface area contributed by atoms with Gasteiger partial charge in [0.1, 0.15) is 23.0 Å². The van der Waals surface area contributed by atoms with Crippen LogP contribution in [0.25, 0.3) is 22.2 Å². The van der Waals surface area contributed by atoms with E-state index in [0.717, 1.165) is 45.5 Å². The van der Waals surface area contributed by atoms with Crippen LogP contribution in [-0.2, 0) is 0 Å². The summed E-state index contributed by atoms with van der Waals surface area (Å²) in [5.41, 5.74) is 6.56. The molecule has 1 aromatic carbocycles. The number of hydrogen-bond acceptors (Lipinski definition) is 7. The van der Waals surface area contributed by atoms with Gasteiger partial charge in [0, 0.05) is 43.8 Å². The zero-order valence-corrected chi connectivity index (χ0v) is 23.6. The molecule has 4 aromatic rings. The summed E-state index contributed by atoms with van der Waals surface area (Å²) >= 11 is 7.14. The largest absolute Gasteiger partial charge is 0.489 e. The van der Waals surface area contributed by atoms with Gasteiger partial charge in [0.05, 0.1) is 34.8 Å². The molecule has 202 valence electrons. The lowest BCUT2D eigenvalue weighted by molar-refractivity contribution is 0.0607. The third-order valence-electron chi connectivity index (χ3n) is 7.74. The van der Waals surface area contributed by atoms with Crippen LogP contribution in [-0.4, -0.2) is 70.3 Å². The number of amides is 1. The Morgan fingerprint density at radius 3 is 2.79 bits per heavy atom. The minimum atomic E-state index is -0.123. The van der Waals surface area contributed by atoms with E-state index in [0.29, 0.717) is 47.5 Å².